The number of aryl methyl sites for hydroxylation is 1. The summed E-state index contributed by atoms with van der Waals surface area (Å²) < 4.78 is 22.5. The van der Waals surface area contributed by atoms with Gasteiger partial charge in [-0.1, -0.05) is 6.92 Å². The standard InChI is InChI=1S/C9H10N4O4S/c1-2-8-11-6-3-5(18(10,16)17)4-7(13(14)15)9(6)12-8/h3-4H,2H2,1H3,(H,11,12)(H2,10,16,17). The normalized spacial score (nSPS) is 11.9. The molecule has 0 aliphatic heterocycles. The van der Waals surface area contributed by atoms with Crippen molar-refractivity contribution in [3.63, 3.8) is 0 Å². The number of imidazole rings is 1. The van der Waals surface area contributed by atoms with Gasteiger partial charge in [0, 0.05) is 12.5 Å². The molecule has 8 nitrogen and oxygen atoms in total. The molecule has 0 aliphatic rings. The molecule has 9 heteroatoms. The maximum absolute atomic E-state index is 11.2. The van der Waals surface area contributed by atoms with Crippen LogP contribution in [0.4, 0.5) is 5.69 Å². The fraction of sp³-hybridized carbons (Fsp3) is 0.222. The zero-order valence-electron chi connectivity index (χ0n) is 9.37. The Morgan fingerprint density at radius 1 is 1.50 bits per heavy atom. The number of aromatic nitrogens is 2. The third kappa shape index (κ3) is 2.05. The van der Waals surface area contributed by atoms with Gasteiger partial charge < -0.3 is 4.98 Å². The molecule has 2 rings (SSSR count). The maximum Gasteiger partial charge on any atom is 0.298 e. The molecule has 1 aromatic heterocycles. The Morgan fingerprint density at radius 2 is 2.17 bits per heavy atom. The van der Waals surface area contributed by atoms with Crippen LogP contribution in [0.2, 0.25) is 0 Å². The molecule has 0 radical (unpaired) electrons. The van der Waals surface area contributed by atoms with Crippen molar-refractivity contribution in [2.45, 2.75) is 18.2 Å². The van der Waals surface area contributed by atoms with Crippen LogP contribution in [-0.4, -0.2) is 23.3 Å². The third-order valence-electron chi connectivity index (χ3n) is 2.45. The van der Waals surface area contributed by atoms with E-state index in [0.717, 1.165) is 6.07 Å². The summed E-state index contributed by atoms with van der Waals surface area (Å²) in [5.74, 6) is 0.541. The maximum atomic E-state index is 11.2. The number of hydrogen-bond donors (Lipinski definition) is 2. The number of fused-ring (bicyclic) bond motifs is 1. The molecule has 96 valence electrons. The van der Waals surface area contributed by atoms with Crippen LogP contribution in [0.25, 0.3) is 11.0 Å². The third-order valence-corrected chi connectivity index (χ3v) is 3.34. The highest BCUT2D eigenvalue weighted by Crippen LogP contribution is 2.27. The number of nitrogens with zero attached hydrogens (tertiary/aromatic N) is 2. The van der Waals surface area contributed by atoms with E-state index in [1.165, 1.54) is 6.07 Å². The van der Waals surface area contributed by atoms with E-state index in [-0.39, 0.29) is 21.6 Å². The van der Waals surface area contributed by atoms with Crippen LogP contribution in [0.5, 0.6) is 0 Å². The molecule has 0 saturated carbocycles. The molecule has 0 saturated heterocycles. The number of sulfonamides is 1. The summed E-state index contributed by atoms with van der Waals surface area (Å²) in [5.41, 5.74) is 0.0294. The van der Waals surface area contributed by atoms with Crippen molar-refractivity contribution in [2.24, 2.45) is 5.14 Å². The summed E-state index contributed by atoms with van der Waals surface area (Å²) in [6.45, 7) is 1.82. The number of nitrogens with one attached hydrogen (secondary N) is 1. The Balaban J connectivity index is 2.85. The van der Waals surface area contributed by atoms with Gasteiger partial charge in [0.15, 0.2) is 5.52 Å². The minimum atomic E-state index is -4.00. The van der Waals surface area contributed by atoms with Gasteiger partial charge in [0.05, 0.1) is 15.3 Å². The number of nitro benzene ring substituents is 1. The highest BCUT2D eigenvalue weighted by Gasteiger charge is 2.21. The molecule has 1 aromatic carbocycles. The van der Waals surface area contributed by atoms with Crippen LogP contribution < -0.4 is 5.14 Å². The first-order valence-corrected chi connectivity index (χ1v) is 6.57. The number of nitrogens with two attached hydrogens (primary N) is 1. The minimum Gasteiger partial charge on any atom is -0.342 e. The second-order valence-corrected chi connectivity index (χ2v) is 5.24. The number of rotatable bonds is 3. The van der Waals surface area contributed by atoms with Crippen LogP contribution in [0.15, 0.2) is 17.0 Å². The molecule has 0 aliphatic carbocycles. The molecular formula is C9H10N4O4S. The van der Waals surface area contributed by atoms with Gasteiger partial charge in [0.25, 0.3) is 5.69 Å². The monoisotopic (exact) mass is 270 g/mol. The van der Waals surface area contributed by atoms with Crippen LogP contribution in [-0.2, 0) is 16.4 Å². The highest BCUT2D eigenvalue weighted by atomic mass is 32.2. The zero-order valence-corrected chi connectivity index (χ0v) is 10.2. The van der Waals surface area contributed by atoms with Crippen molar-refractivity contribution < 1.29 is 13.3 Å². The van der Waals surface area contributed by atoms with Crippen LogP contribution in [0.3, 0.4) is 0 Å². The van der Waals surface area contributed by atoms with Gasteiger partial charge in [-0.05, 0) is 6.07 Å². The van der Waals surface area contributed by atoms with Gasteiger partial charge >= 0.3 is 0 Å². The Kier molecular flexibility index (Phi) is 2.79. The molecule has 18 heavy (non-hydrogen) atoms. The number of H-pyrrole nitrogens is 1. The number of nitro groups is 1. The Labute approximate surface area is 102 Å². The van der Waals surface area contributed by atoms with E-state index in [0.29, 0.717) is 12.2 Å². The molecule has 0 unspecified atom stereocenters. The lowest BCUT2D eigenvalue weighted by atomic mass is 10.3. The number of benzene rings is 1. The summed E-state index contributed by atoms with van der Waals surface area (Å²) in [6.07, 6.45) is 0.552. The first-order valence-electron chi connectivity index (χ1n) is 5.02. The van der Waals surface area contributed by atoms with E-state index in [1.54, 1.807) is 0 Å². The quantitative estimate of drug-likeness (QED) is 0.625. The van der Waals surface area contributed by atoms with Crippen LogP contribution in [0.1, 0.15) is 12.7 Å². The highest BCUT2D eigenvalue weighted by molar-refractivity contribution is 7.89. The van der Waals surface area contributed by atoms with Crippen molar-refractivity contribution in [1.29, 1.82) is 0 Å². The Hall–Kier alpha value is -2.00. The molecular weight excluding hydrogens is 260 g/mol. The number of non-ortho nitro benzene ring substituents is 1. The van der Waals surface area contributed by atoms with Crippen molar-refractivity contribution in [1.82, 2.24) is 9.97 Å². The SMILES string of the molecule is CCc1nc2c([N+](=O)[O-])cc(S(N)(=O)=O)cc2[nH]1. The lowest BCUT2D eigenvalue weighted by Gasteiger charge is -1.98. The lowest BCUT2D eigenvalue weighted by molar-refractivity contribution is -0.383. The van der Waals surface area contributed by atoms with Gasteiger partial charge in [0.1, 0.15) is 5.82 Å². The van der Waals surface area contributed by atoms with Crippen molar-refractivity contribution >= 4 is 26.7 Å². The summed E-state index contributed by atoms with van der Waals surface area (Å²) in [5, 5.41) is 15.9. The van der Waals surface area contributed by atoms with E-state index in [9.17, 15) is 18.5 Å². The molecule has 0 spiro atoms. The predicted octanol–water partition coefficient (Wildman–Crippen LogP) is 0.681. The topological polar surface area (TPSA) is 132 Å². The van der Waals surface area contributed by atoms with Crippen molar-refractivity contribution in [2.75, 3.05) is 0 Å². The van der Waals surface area contributed by atoms with E-state index < -0.39 is 14.9 Å². The lowest BCUT2D eigenvalue weighted by Crippen LogP contribution is -2.12. The molecule has 2 aromatic rings. The minimum absolute atomic E-state index is 0.129. The zero-order chi connectivity index (χ0) is 13.5. The second-order valence-electron chi connectivity index (χ2n) is 3.68. The van der Waals surface area contributed by atoms with Gasteiger partial charge in [-0.2, -0.15) is 0 Å². The first kappa shape index (κ1) is 12.5. The fourth-order valence-corrected chi connectivity index (χ4v) is 2.15. The van der Waals surface area contributed by atoms with Crippen molar-refractivity contribution in [3.8, 4) is 0 Å². The Bertz CT molecular complexity index is 734. The number of aromatic amines is 1. The average Bonchev–Trinajstić information content (AvgIpc) is 2.68. The van der Waals surface area contributed by atoms with E-state index >= 15 is 0 Å². The predicted molar refractivity (Wildman–Crippen MR) is 63.5 cm³/mol. The number of hydrogen-bond acceptors (Lipinski definition) is 5. The van der Waals surface area contributed by atoms with Gasteiger partial charge in [0.2, 0.25) is 10.0 Å². The second kappa shape index (κ2) is 4.03. The molecule has 3 N–H and O–H groups in total. The first-order chi connectivity index (χ1) is 8.32. The number of primary sulfonamides is 1. The van der Waals surface area contributed by atoms with E-state index in [2.05, 4.69) is 9.97 Å². The van der Waals surface area contributed by atoms with Gasteiger partial charge in [-0.25, -0.2) is 18.5 Å². The average molecular weight is 270 g/mol. The largest absolute Gasteiger partial charge is 0.342 e. The molecule has 0 atom stereocenters. The molecule has 0 amide bonds. The smallest absolute Gasteiger partial charge is 0.298 e. The molecule has 0 bridgehead atoms. The summed E-state index contributed by atoms with van der Waals surface area (Å²) in [7, 11) is -4.00. The summed E-state index contributed by atoms with van der Waals surface area (Å²) >= 11 is 0. The van der Waals surface area contributed by atoms with Gasteiger partial charge in [-0.3, -0.25) is 10.1 Å². The fourth-order valence-electron chi connectivity index (χ4n) is 1.60. The van der Waals surface area contributed by atoms with E-state index in [4.69, 9.17) is 5.14 Å². The summed E-state index contributed by atoms with van der Waals surface area (Å²) in [4.78, 5) is 16.8. The molecule has 1 heterocycles. The van der Waals surface area contributed by atoms with Crippen LogP contribution in [0, 0.1) is 10.1 Å². The van der Waals surface area contributed by atoms with Crippen molar-refractivity contribution in [3.05, 3.63) is 28.1 Å². The molecule has 0 fully saturated rings. The Morgan fingerprint density at radius 3 is 2.67 bits per heavy atom. The van der Waals surface area contributed by atoms with E-state index in [1.807, 2.05) is 6.92 Å². The van der Waals surface area contributed by atoms with Gasteiger partial charge in [-0.15, -0.1) is 0 Å². The summed E-state index contributed by atoms with van der Waals surface area (Å²) in [6, 6.07) is 2.15. The van der Waals surface area contributed by atoms with Crippen LogP contribution >= 0.6 is 0 Å².